The van der Waals surface area contributed by atoms with Crippen LogP contribution in [0.3, 0.4) is 0 Å². The molecule has 5 heteroatoms. The van der Waals surface area contributed by atoms with E-state index < -0.39 is 12.1 Å². The Balaban J connectivity index is 2.43. The highest BCUT2D eigenvalue weighted by molar-refractivity contribution is 5.96. The highest BCUT2D eigenvalue weighted by Gasteiger charge is 2.14. The van der Waals surface area contributed by atoms with Crippen molar-refractivity contribution >= 4 is 11.9 Å². The molecule has 0 aliphatic heterocycles. The second-order valence-electron chi connectivity index (χ2n) is 5.35. The summed E-state index contributed by atoms with van der Waals surface area (Å²) in [7, 11) is 0. The Labute approximate surface area is 126 Å². The van der Waals surface area contributed by atoms with Gasteiger partial charge in [0, 0.05) is 13.1 Å². The third kappa shape index (κ3) is 5.95. The fourth-order valence-electron chi connectivity index (χ4n) is 1.81. The lowest BCUT2D eigenvalue weighted by Gasteiger charge is -2.14. The molecule has 0 bridgehead atoms. The summed E-state index contributed by atoms with van der Waals surface area (Å²) in [5.41, 5.74) is 2.40. The van der Waals surface area contributed by atoms with Gasteiger partial charge in [0.1, 0.15) is 0 Å². The highest BCUT2D eigenvalue weighted by atomic mass is 16.2. The smallest absolute Gasteiger partial charge is 0.321 e. The number of carbonyl (C=O) groups is 2. The molecule has 1 rings (SSSR count). The summed E-state index contributed by atoms with van der Waals surface area (Å²) < 4.78 is 0. The lowest BCUT2D eigenvalue weighted by atomic mass is 10.0. The molecule has 0 aliphatic carbocycles. The molecular formula is C16H25N3O2. The van der Waals surface area contributed by atoms with Crippen molar-refractivity contribution < 1.29 is 9.59 Å². The number of amides is 3. The van der Waals surface area contributed by atoms with Crippen molar-refractivity contribution in [3.05, 3.63) is 35.4 Å². The molecule has 3 N–H and O–H groups in total. The van der Waals surface area contributed by atoms with Gasteiger partial charge in [0.05, 0.1) is 6.04 Å². The molecule has 5 nitrogen and oxygen atoms in total. The molecule has 0 aromatic heterocycles. The SMILES string of the molecule is CCNC(=O)NC(=O)C(C)NCc1ccc(C(C)C)cc1. The zero-order valence-corrected chi connectivity index (χ0v) is 13.2. The summed E-state index contributed by atoms with van der Waals surface area (Å²) in [6.07, 6.45) is 0. The minimum absolute atomic E-state index is 0.334. The van der Waals surface area contributed by atoms with Crippen molar-refractivity contribution in [3.63, 3.8) is 0 Å². The predicted octanol–water partition coefficient (Wildman–Crippen LogP) is 2.13. The highest BCUT2D eigenvalue weighted by Crippen LogP contribution is 2.14. The molecule has 1 atom stereocenters. The van der Waals surface area contributed by atoms with Gasteiger partial charge in [-0.15, -0.1) is 0 Å². The van der Waals surface area contributed by atoms with Gasteiger partial charge >= 0.3 is 6.03 Å². The van der Waals surface area contributed by atoms with Crippen molar-refractivity contribution in [2.75, 3.05) is 6.54 Å². The van der Waals surface area contributed by atoms with Gasteiger partial charge in [-0.3, -0.25) is 10.1 Å². The van der Waals surface area contributed by atoms with Crippen LogP contribution < -0.4 is 16.0 Å². The number of hydrogen-bond acceptors (Lipinski definition) is 3. The van der Waals surface area contributed by atoms with Crippen molar-refractivity contribution in [3.8, 4) is 0 Å². The first kappa shape index (κ1) is 17.2. The van der Waals surface area contributed by atoms with Crippen molar-refractivity contribution in [1.29, 1.82) is 0 Å². The summed E-state index contributed by atoms with van der Waals surface area (Å²) in [6.45, 7) is 8.91. The van der Waals surface area contributed by atoms with Crippen LogP contribution in [0.1, 0.15) is 44.7 Å². The van der Waals surface area contributed by atoms with Crippen LogP contribution in [0.15, 0.2) is 24.3 Å². The van der Waals surface area contributed by atoms with Crippen LogP contribution in [-0.2, 0) is 11.3 Å². The molecule has 116 valence electrons. The first-order valence-corrected chi connectivity index (χ1v) is 7.35. The average molecular weight is 291 g/mol. The largest absolute Gasteiger partial charge is 0.338 e. The fraction of sp³-hybridized carbons (Fsp3) is 0.500. The van der Waals surface area contributed by atoms with Crippen molar-refractivity contribution in [2.24, 2.45) is 0 Å². The maximum atomic E-state index is 11.8. The van der Waals surface area contributed by atoms with Gasteiger partial charge < -0.3 is 10.6 Å². The third-order valence-electron chi connectivity index (χ3n) is 3.23. The zero-order chi connectivity index (χ0) is 15.8. The molecule has 1 aromatic carbocycles. The molecular weight excluding hydrogens is 266 g/mol. The van der Waals surface area contributed by atoms with E-state index in [1.165, 1.54) is 5.56 Å². The number of benzene rings is 1. The Morgan fingerprint density at radius 3 is 2.24 bits per heavy atom. The van der Waals surface area contributed by atoms with Crippen LogP contribution in [0.5, 0.6) is 0 Å². The number of imide groups is 1. The van der Waals surface area contributed by atoms with Crippen molar-refractivity contribution in [2.45, 2.75) is 46.2 Å². The lowest BCUT2D eigenvalue weighted by molar-refractivity contribution is -0.121. The first-order valence-electron chi connectivity index (χ1n) is 7.35. The Bertz CT molecular complexity index is 469. The minimum Gasteiger partial charge on any atom is -0.338 e. The van der Waals surface area contributed by atoms with E-state index >= 15 is 0 Å². The van der Waals surface area contributed by atoms with E-state index in [4.69, 9.17) is 0 Å². The van der Waals surface area contributed by atoms with E-state index in [-0.39, 0.29) is 5.91 Å². The van der Waals surface area contributed by atoms with Gasteiger partial charge in [0.2, 0.25) is 5.91 Å². The van der Waals surface area contributed by atoms with E-state index in [9.17, 15) is 9.59 Å². The Kier molecular flexibility index (Phi) is 6.88. The monoisotopic (exact) mass is 291 g/mol. The molecule has 0 fully saturated rings. The topological polar surface area (TPSA) is 70.2 Å². The second kappa shape index (κ2) is 8.42. The van der Waals surface area contributed by atoms with Crippen LogP contribution in [0.4, 0.5) is 4.79 Å². The van der Waals surface area contributed by atoms with Crippen LogP contribution in [0.25, 0.3) is 0 Å². The number of hydrogen-bond donors (Lipinski definition) is 3. The van der Waals surface area contributed by atoms with Gasteiger partial charge in [-0.25, -0.2) is 4.79 Å². The van der Waals surface area contributed by atoms with E-state index in [1.54, 1.807) is 13.8 Å². The number of urea groups is 1. The number of rotatable bonds is 6. The Morgan fingerprint density at radius 2 is 1.71 bits per heavy atom. The quantitative estimate of drug-likeness (QED) is 0.752. The Hall–Kier alpha value is -1.88. The van der Waals surface area contributed by atoms with Gasteiger partial charge in [-0.1, -0.05) is 38.1 Å². The molecule has 0 saturated heterocycles. The molecule has 21 heavy (non-hydrogen) atoms. The number of carbonyl (C=O) groups excluding carboxylic acids is 2. The van der Waals surface area contributed by atoms with Gasteiger partial charge in [0.15, 0.2) is 0 Å². The van der Waals surface area contributed by atoms with Crippen LogP contribution in [0.2, 0.25) is 0 Å². The summed E-state index contributed by atoms with van der Waals surface area (Å²) >= 11 is 0. The second-order valence-corrected chi connectivity index (χ2v) is 5.35. The van der Waals surface area contributed by atoms with E-state index in [1.807, 2.05) is 0 Å². The first-order chi connectivity index (χ1) is 9.93. The maximum absolute atomic E-state index is 11.8. The third-order valence-corrected chi connectivity index (χ3v) is 3.23. The Morgan fingerprint density at radius 1 is 1.10 bits per heavy atom. The van der Waals surface area contributed by atoms with Gasteiger partial charge in [0.25, 0.3) is 0 Å². The average Bonchev–Trinajstić information content (AvgIpc) is 2.45. The van der Waals surface area contributed by atoms with E-state index in [0.717, 1.165) is 5.56 Å². The maximum Gasteiger partial charge on any atom is 0.321 e. The van der Waals surface area contributed by atoms with E-state index in [2.05, 4.69) is 54.1 Å². The summed E-state index contributed by atoms with van der Waals surface area (Å²) in [6, 6.07) is 7.41. The van der Waals surface area contributed by atoms with Crippen LogP contribution in [0, 0.1) is 0 Å². The van der Waals surface area contributed by atoms with Crippen molar-refractivity contribution in [1.82, 2.24) is 16.0 Å². The lowest BCUT2D eigenvalue weighted by Crippen LogP contribution is -2.47. The molecule has 1 unspecified atom stereocenters. The van der Waals surface area contributed by atoms with Crippen LogP contribution in [-0.4, -0.2) is 24.5 Å². The molecule has 0 saturated carbocycles. The summed E-state index contributed by atoms with van der Waals surface area (Å²) in [5, 5.41) is 7.92. The molecule has 1 aromatic rings. The molecule has 0 heterocycles. The molecule has 3 amide bonds. The van der Waals surface area contributed by atoms with Gasteiger partial charge in [-0.2, -0.15) is 0 Å². The van der Waals surface area contributed by atoms with Gasteiger partial charge in [-0.05, 0) is 30.9 Å². The zero-order valence-electron chi connectivity index (χ0n) is 13.2. The number of nitrogens with one attached hydrogen (secondary N) is 3. The molecule has 0 radical (unpaired) electrons. The minimum atomic E-state index is -0.461. The normalized spacial score (nSPS) is 12.0. The molecule has 0 spiro atoms. The molecule has 0 aliphatic rings. The summed E-state index contributed by atoms with van der Waals surface area (Å²) in [5.74, 6) is 0.175. The van der Waals surface area contributed by atoms with E-state index in [0.29, 0.717) is 19.0 Å². The summed E-state index contributed by atoms with van der Waals surface area (Å²) in [4.78, 5) is 23.0. The standard InChI is InChI=1S/C16H25N3O2/c1-5-17-16(21)19-15(20)12(4)18-10-13-6-8-14(9-7-13)11(2)3/h6-9,11-12,18H,5,10H2,1-4H3,(H2,17,19,20,21). The predicted molar refractivity (Wildman–Crippen MR) is 84.0 cm³/mol. The van der Waals surface area contributed by atoms with Crippen LogP contribution >= 0.6 is 0 Å². The fourth-order valence-corrected chi connectivity index (χ4v) is 1.81.